The Morgan fingerprint density at radius 1 is 1.03 bits per heavy atom. The lowest BCUT2D eigenvalue weighted by Gasteiger charge is -2.40. The number of carbonyl (C=O) groups excluding carboxylic acids is 1. The number of nitrogens with two attached hydrogens (primary N) is 3. The molecule has 37 heavy (non-hydrogen) atoms. The lowest BCUT2D eigenvalue weighted by atomic mass is 9.95. The van der Waals surface area contributed by atoms with E-state index in [9.17, 15) is 19.4 Å². The van der Waals surface area contributed by atoms with E-state index in [-0.39, 0.29) is 23.0 Å². The topological polar surface area (TPSA) is 160 Å². The molecule has 0 spiro atoms. The number of halogens is 1. The number of amides is 1. The van der Waals surface area contributed by atoms with Gasteiger partial charge in [0.05, 0.1) is 5.82 Å². The normalized spacial score (nSPS) is 22.2. The van der Waals surface area contributed by atoms with E-state index in [1.165, 1.54) is 50.6 Å². The van der Waals surface area contributed by atoms with Crippen molar-refractivity contribution in [3.63, 3.8) is 0 Å². The zero-order chi connectivity index (χ0) is 27.6. The van der Waals surface area contributed by atoms with Gasteiger partial charge in [-0.05, 0) is 67.9 Å². The van der Waals surface area contributed by atoms with Gasteiger partial charge in [0.25, 0.3) is 5.91 Å². The van der Waals surface area contributed by atoms with Crippen LogP contribution in [0.25, 0.3) is 5.70 Å². The molecular formula is C27H44FN5O4. The maximum Gasteiger partial charge on any atom is 0.251 e. The van der Waals surface area contributed by atoms with Crippen molar-refractivity contribution >= 4 is 11.6 Å². The number of carbonyl (C=O) groups is 1. The predicted octanol–water partition coefficient (Wildman–Crippen LogP) is 2.05. The van der Waals surface area contributed by atoms with E-state index in [2.05, 4.69) is 5.32 Å². The Kier molecular flexibility index (Phi) is 11.8. The van der Waals surface area contributed by atoms with Crippen LogP contribution in [0.3, 0.4) is 0 Å². The molecule has 0 aromatic heterocycles. The molecular weight excluding hydrogens is 477 g/mol. The summed E-state index contributed by atoms with van der Waals surface area (Å²) < 4.78 is 18.6. The molecule has 2 saturated heterocycles. The summed E-state index contributed by atoms with van der Waals surface area (Å²) in [6.45, 7) is 7.06. The predicted molar refractivity (Wildman–Crippen MR) is 143 cm³/mol. The highest BCUT2D eigenvalue weighted by Gasteiger charge is 2.48. The lowest BCUT2D eigenvalue weighted by Crippen LogP contribution is -2.54. The molecule has 1 saturated carbocycles. The number of hydrogen-bond acceptors (Lipinski definition) is 8. The van der Waals surface area contributed by atoms with Crippen molar-refractivity contribution in [2.75, 3.05) is 33.4 Å². The Bertz CT molecular complexity index is 931. The Morgan fingerprint density at radius 2 is 1.59 bits per heavy atom. The van der Waals surface area contributed by atoms with Crippen LogP contribution in [0.1, 0.15) is 61.9 Å². The molecule has 2 heterocycles. The summed E-state index contributed by atoms with van der Waals surface area (Å²) >= 11 is 0. The summed E-state index contributed by atoms with van der Waals surface area (Å²) in [5, 5.41) is 23.2. The summed E-state index contributed by atoms with van der Waals surface area (Å²) in [5.41, 5.74) is 17.1. The third-order valence-corrected chi connectivity index (χ3v) is 7.14. The molecule has 9 N–H and O–H groups in total. The fourth-order valence-electron chi connectivity index (χ4n) is 5.16. The smallest absolute Gasteiger partial charge is 0.251 e. The highest BCUT2D eigenvalue weighted by Crippen LogP contribution is 2.41. The van der Waals surface area contributed by atoms with Gasteiger partial charge in [-0.15, -0.1) is 0 Å². The van der Waals surface area contributed by atoms with Crippen LogP contribution < -0.4 is 22.5 Å². The summed E-state index contributed by atoms with van der Waals surface area (Å²) in [6.07, 6.45) is 8.22. The van der Waals surface area contributed by atoms with Gasteiger partial charge in [-0.2, -0.15) is 0 Å². The minimum absolute atomic E-state index is 0.0462. The molecule has 0 radical (unpaired) electrons. The Balaban J connectivity index is 0.000000244. The number of fused-ring (bicyclic) bond motifs is 1. The van der Waals surface area contributed by atoms with Crippen LogP contribution in [0.2, 0.25) is 0 Å². The number of ether oxygens (including phenoxy) is 1. The first-order chi connectivity index (χ1) is 17.6. The van der Waals surface area contributed by atoms with Crippen molar-refractivity contribution in [1.29, 1.82) is 0 Å². The lowest BCUT2D eigenvalue weighted by molar-refractivity contribution is -0.301. The number of nitrogens with zero attached hydrogens (tertiary/aromatic N) is 1. The number of likely N-dealkylation sites (tertiary alicyclic amines) is 1. The Hall–Kier alpha value is -2.66. The molecule has 1 amide bonds. The van der Waals surface area contributed by atoms with E-state index < -0.39 is 17.6 Å². The summed E-state index contributed by atoms with van der Waals surface area (Å²) in [7, 11) is 1.46. The first-order valence-corrected chi connectivity index (χ1v) is 13.1. The summed E-state index contributed by atoms with van der Waals surface area (Å²) in [5.74, 6) is -1.10. The second-order valence-corrected chi connectivity index (χ2v) is 9.53. The largest absolute Gasteiger partial charge is 0.398 e. The monoisotopic (exact) mass is 521 g/mol. The molecule has 1 aromatic rings. The fraction of sp³-hybridized carbons (Fsp3) is 0.593. The molecule has 4 rings (SSSR count). The molecule has 3 aliphatic rings. The quantitative estimate of drug-likeness (QED) is 0.254. The van der Waals surface area contributed by atoms with Crippen LogP contribution in [0, 0.1) is 23.6 Å². The molecule has 3 fully saturated rings. The number of allylic oxidation sites excluding steroid dienone is 2. The van der Waals surface area contributed by atoms with E-state index in [1.807, 2.05) is 18.7 Å². The number of rotatable bonds is 5. The van der Waals surface area contributed by atoms with Crippen LogP contribution in [0.15, 0.2) is 36.2 Å². The SMILES string of the molecule is CC.CNC(=O)c1cc(F)cc(/C(N)=C/C=C(N)N)c1.OC(O)(C1CCOCC1)N1CC2CCCC2C1. The average Bonchev–Trinajstić information content (AvgIpc) is 3.52. The van der Waals surface area contributed by atoms with Gasteiger partial charge in [-0.1, -0.05) is 20.3 Å². The number of hydrogen-bond donors (Lipinski definition) is 6. The van der Waals surface area contributed by atoms with E-state index in [1.54, 1.807) is 0 Å². The van der Waals surface area contributed by atoms with Crippen molar-refractivity contribution in [3.05, 3.63) is 53.1 Å². The van der Waals surface area contributed by atoms with Crippen LogP contribution in [-0.2, 0) is 4.74 Å². The fourth-order valence-corrected chi connectivity index (χ4v) is 5.16. The van der Waals surface area contributed by atoms with Gasteiger partial charge in [-0.3, -0.25) is 9.69 Å². The molecule has 2 atom stereocenters. The van der Waals surface area contributed by atoms with E-state index in [0.717, 1.165) is 32.0 Å². The van der Waals surface area contributed by atoms with Crippen molar-refractivity contribution in [2.24, 2.45) is 35.0 Å². The molecule has 1 aromatic carbocycles. The van der Waals surface area contributed by atoms with Gasteiger partial charge in [0.1, 0.15) is 5.82 Å². The van der Waals surface area contributed by atoms with Crippen LogP contribution in [0.5, 0.6) is 0 Å². The van der Waals surface area contributed by atoms with Crippen molar-refractivity contribution < 1.29 is 24.1 Å². The Morgan fingerprint density at radius 3 is 2.14 bits per heavy atom. The first kappa shape index (κ1) is 30.6. The van der Waals surface area contributed by atoms with Crippen LogP contribution in [0.4, 0.5) is 4.39 Å². The van der Waals surface area contributed by atoms with E-state index in [4.69, 9.17) is 21.9 Å². The van der Waals surface area contributed by atoms with Gasteiger partial charge < -0.3 is 37.5 Å². The van der Waals surface area contributed by atoms with Gasteiger partial charge in [0.2, 0.25) is 5.91 Å². The third-order valence-electron chi connectivity index (χ3n) is 7.14. The number of benzene rings is 1. The summed E-state index contributed by atoms with van der Waals surface area (Å²) in [4.78, 5) is 13.3. The minimum atomic E-state index is -1.60. The zero-order valence-electron chi connectivity index (χ0n) is 22.3. The van der Waals surface area contributed by atoms with Crippen molar-refractivity contribution in [1.82, 2.24) is 10.2 Å². The third kappa shape index (κ3) is 8.43. The number of aliphatic hydroxyl groups is 2. The second-order valence-electron chi connectivity index (χ2n) is 9.53. The second kappa shape index (κ2) is 14.3. The maximum atomic E-state index is 13.4. The van der Waals surface area contributed by atoms with Gasteiger partial charge in [-0.25, -0.2) is 4.39 Å². The average molecular weight is 522 g/mol. The van der Waals surface area contributed by atoms with Gasteiger partial charge in [0.15, 0.2) is 0 Å². The van der Waals surface area contributed by atoms with Gasteiger partial charge in [0, 0.05) is 56.1 Å². The van der Waals surface area contributed by atoms with Crippen LogP contribution >= 0.6 is 0 Å². The molecule has 2 aliphatic heterocycles. The highest BCUT2D eigenvalue weighted by molar-refractivity contribution is 5.94. The zero-order valence-corrected chi connectivity index (χ0v) is 22.3. The molecule has 2 unspecified atom stereocenters. The van der Waals surface area contributed by atoms with Crippen LogP contribution in [-0.4, -0.2) is 60.3 Å². The van der Waals surface area contributed by atoms with E-state index >= 15 is 0 Å². The molecule has 10 heteroatoms. The summed E-state index contributed by atoms with van der Waals surface area (Å²) in [6, 6.07) is 3.83. The molecule has 1 aliphatic carbocycles. The number of nitrogens with one attached hydrogen (secondary N) is 1. The van der Waals surface area contributed by atoms with Gasteiger partial charge >= 0.3 is 0 Å². The highest BCUT2D eigenvalue weighted by atomic mass is 19.1. The minimum Gasteiger partial charge on any atom is -0.398 e. The molecule has 9 nitrogen and oxygen atoms in total. The van der Waals surface area contributed by atoms with Crippen molar-refractivity contribution in [3.8, 4) is 0 Å². The van der Waals surface area contributed by atoms with Crippen molar-refractivity contribution in [2.45, 2.75) is 51.9 Å². The maximum absolute atomic E-state index is 13.4. The molecule has 0 bridgehead atoms. The first-order valence-electron chi connectivity index (χ1n) is 13.1. The molecule has 208 valence electrons. The van der Waals surface area contributed by atoms with E-state index in [0.29, 0.717) is 30.6 Å². The Labute approximate surface area is 219 Å². The standard InChI is InChI=1S/C13H23NO3.C12H15FN4O.C2H6/c15-13(16,12-4-6-17-7-5-12)14-8-10-2-1-3-11(10)9-14;1-17-12(18)8-4-7(5-9(13)6-8)10(14)2-3-11(15)16;1-2/h10-12,15-16H,1-9H2;2-6H,14-16H2,1H3,(H,17,18);1-2H3/b;10-2-;.